The second kappa shape index (κ2) is 7.15. The summed E-state index contributed by atoms with van der Waals surface area (Å²) < 4.78 is 31.6. The Balaban J connectivity index is 2.02. The molecule has 0 unspecified atom stereocenters. The second-order valence-corrected chi connectivity index (χ2v) is 6.38. The Morgan fingerprint density at radius 3 is 2.68 bits per heavy atom. The molecule has 2 aromatic rings. The Morgan fingerprint density at radius 1 is 1.23 bits per heavy atom. The number of pyridine rings is 1. The lowest BCUT2D eigenvalue weighted by molar-refractivity contribution is -0.142. The van der Waals surface area contributed by atoms with E-state index in [4.69, 9.17) is 4.74 Å². The van der Waals surface area contributed by atoms with Gasteiger partial charge in [-0.3, -0.25) is 9.78 Å². The molecule has 0 aliphatic rings. The van der Waals surface area contributed by atoms with Crippen molar-refractivity contribution in [3.8, 4) is 0 Å². The average molecular weight is 320 g/mol. The molecule has 6 nitrogen and oxygen atoms in total. The molecule has 116 valence electrons. The van der Waals surface area contributed by atoms with Crippen LogP contribution in [0.4, 0.5) is 0 Å². The number of aromatic nitrogens is 1. The summed E-state index contributed by atoms with van der Waals surface area (Å²) in [4.78, 5) is 14.7. The molecule has 1 N–H and O–H groups in total. The number of hydrogen-bond donors (Lipinski definition) is 1. The molecule has 0 aliphatic carbocycles. The number of benzene rings is 1. The largest absolute Gasteiger partial charge is 0.461 e. The molecule has 1 aromatic heterocycles. The fourth-order valence-corrected chi connectivity index (χ4v) is 2.76. The zero-order valence-electron chi connectivity index (χ0n) is 12.0. The first kappa shape index (κ1) is 16.1. The van der Waals surface area contributed by atoms with Crippen LogP contribution < -0.4 is 4.72 Å². The second-order valence-electron chi connectivity index (χ2n) is 4.61. The van der Waals surface area contributed by atoms with E-state index in [0.29, 0.717) is 0 Å². The number of carbonyl (C=O) groups excluding carboxylic acids is 1. The first-order valence-corrected chi connectivity index (χ1v) is 8.06. The Hall–Kier alpha value is -2.25. The van der Waals surface area contributed by atoms with E-state index in [1.807, 2.05) is 6.07 Å². The Morgan fingerprint density at radius 2 is 2.00 bits per heavy atom. The highest BCUT2D eigenvalue weighted by atomic mass is 32.2. The van der Waals surface area contributed by atoms with Gasteiger partial charge in [0.15, 0.2) is 0 Å². The first-order valence-electron chi connectivity index (χ1n) is 6.58. The van der Waals surface area contributed by atoms with E-state index in [1.165, 1.54) is 25.4 Å². The van der Waals surface area contributed by atoms with Crippen LogP contribution in [-0.2, 0) is 32.7 Å². The third kappa shape index (κ3) is 4.64. The summed E-state index contributed by atoms with van der Waals surface area (Å²) in [5, 5.41) is 0. The summed E-state index contributed by atoms with van der Waals surface area (Å²) in [6.45, 7) is 1.65. The molecule has 0 bridgehead atoms. The molecule has 1 heterocycles. The van der Waals surface area contributed by atoms with Crippen molar-refractivity contribution in [2.75, 3.05) is 0 Å². The maximum Gasteiger partial charge on any atom is 0.302 e. The normalized spacial score (nSPS) is 11.1. The smallest absolute Gasteiger partial charge is 0.302 e. The van der Waals surface area contributed by atoms with Gasteiger partial charge in [-0.1, -0.05) is 24.3 Å². The van der Waals surface area contributed by atoms with Crippen molar-refractivity contribution in [2.24, 2.45) is 0 Å². The van der Waals surface area contributed by atoms with Crippen molar-refractivity contribution in [3.63, 3.8) is 0 Å². The Bertz CT molecular complexity index is 745. The lowest BCUT2D eigenvalue weighted by Gasteiger charge is -2.08. The van der Waals surface area contributed by atoms with Crippen LogP contribution in [0.15, 0.2) is 53.7 Å². The summed E-state index contributed by atoms with van der Waals surface area (Å²) in [7, 11) is -3.59. The average Bonchev–Trinajstić information content (AvgIpc) is 2.52. The van der Waals surface area contributed by atoms with Crippen LogP contribution in [0.2, 0.25) is 0 Å². The molecule has 0 radical (unpaired) electrons. The third-order valence-corrected chi connectivity index (χ3v) is 4.23. The SMILES string of the molecule is CC(=O)OCc1cccc(CNS(=O)(=O)c2cccnc2)c1. The highest BCUT2D eigenvalue weighted by molar-refractivity contribution is 7.89. The Labute approximate surface area is 129 Å². The van der Waals surface area contributed by atoms with Crippen LogP contribution in [0.3, 0.4) is 0 Å². The van der Waals surface area contributed by atoms with Gasteiger partial charge < -0.3 is 4.74 Å². The van der Waals surface area contributed by atoms with E-state index in [2.05, 4.69) is 9.71 Å². The molecule has 0 fully saturated rings. The van der Waals surface area contributed by atoms with Gasteiger partial charge in [0.1, 0.15) is 11.5 Å². The number of rotatable bonds is 6. The van der Waals surface area contributed by atoms with Gasteiger partial charge >= 0.3 is 5.97 Å². The van der Waals surface area contributed by atoms with Crippen molar-refractivity contribution in [2.45, 2.75) is 25.0 Å². The quantitative estimate of drug-likeness (QED) is 0.818. The van der Waals surface area contributed by atoms with E-state index >= 15 is 0 Å². The molecular weight excluding hydrogens is 304 g/mol. The van der Waals surface area contributed by atoms with Gasteiger partial charge in [-0.15, -0.1) is 0 Å². The topological polar surface area (TPSA) is 85.4 Å². The molecule has 0 saturated heterocycles. The van der Waals surface area contributed by atoms with E-state index < -0.39 is 10.0 Å². The van der Waals surface area contributed by atoms with Gasteiger partial charge in [0.25, 0.3) is 0 Å². The number of nitrogens with one attached hydrogen (secondary N) is 1. The first-order chi connectivity index (χ1) is 10.5. The maximum atomic E-state index is 12.1. The summed E-state index contributed by atoms with van der Waals surface area (Å²) in [6, 6.07) is 10.2. The van der Waals surface area contributed by atoms with Crippen molar-refractivity contribution in [3.05, 3.63) is 59.9 Å². The summed E-state index contributed by atoms with van der Waals surface area (Å²) in [5.41, 5.74) is 1.57. The van der Waals surface area contributed by atoms with Gasteiger partial charge in [0, 0.05) is 25.9 Å². The number of esters is 1. The van der Waals surface area contributed by atoms with Crippen molar-refractivity contribution >= 4 is 16.0 Å². The molecule has 0 saturated carbocycles. The number of ether oxygens (including phenoxy) is 1. The molecule has 0 spiro atoms. The van der Waals surface area contributed by atoms with Crippen LogP contribution in [-0.4, -0.2) is 19.4 Å². The monoisotopic (exact) mass is 320 g/mol. The van der Waals surface area contributed by atoms with Crippen LogP contribution in [0.25, 0.3) is 0 Å². The zero-order valence-corrected chi connectivity index (χ0v) is 12.8. The van der Waals surface area contributed by atoms with Gasteiger partial charge in [-0.05, 0) is 23.3 Å². The van der Waals surface area contributed by atoms with E-state index in [-0.39, 0.29) is 24.0 Å². The van der Waals surface area contributed by atoms with Crippen LogP contribution in [0, 0.1) is 0 Å². The predicted molar refractivity (Wildman–Crippen MR) is 80.2 cm³/mol. The molecule has 2 rings (SSSR count). The van der Waals surface area contributed by atoms with E-state index in [9.17, 15) is 13.2 Å². The molecular formula is C15H16N2O4S. The number of sulfonamides is 1. The van der Waals surface area contributed by atoms with Gasteiger partial charge in [0.2, 0.25) is 10.0 Å². The molecule has 7 heteroatoms. The summed E-state index contributed by atoms with van der Waals surface area (Å²) >= 11 is 0. The highest BCUT2D eigenvalue weighted by Gasteiger charge is 2.13. The number of hydrogen-bond acceptors (Lipinski definition) is 5. The predicted octanol–water partition coefficient (Wildman–Crippen LogP) is 1.62. The molecule has 22 heavy (non-hydrogen) atoms. The fraction of sp³-hybridized carbons (Fsp3) is 0.200. The van der Waals surface area contributed by atoms with Gasteiger partial charge in [0.05, 0.1) is 0 Å². The minimum Gasteiger partial charge on any atom is -0.461 e. The molecule has 0 aliphatic heterocycles. The van der Waals surface area contributed by atoms with E-state index in [1.54, 1.807) is 24.3 Å². The fourth-order valence-electron chi connectivity index (χ4n) is 1.78. The van der Waals surface area contributed by atoms with Crippen molar-refractivity contribution < 1.29 is 17.9 Å². The van der Waals surface area contributed by atoms with Crippen LogP contribution in [0.5, 0.6) is 0 Å². The number of nitrogens with zero attached hydrogens (tertiary/aromatic N) is 1. The standard InChI is InChI=1S/C15H16N2O4S/c1-12(18)21-11-14-5-2-4-13(8-14)9-17-22(19,20)15-6-3-7-16-10-15/h2-8,10,17H,9,11H2,1H3. The number of carbonyl (C=O) groups is 1. The minimum absolute atomic E-state index is 0.117. The van der Waals surface area contributed by atoms with Gasteiger partial charge in [-0.2, -0.15) is 0 Å². The van der Waals surface area contributed by atoms with Gasteiger partial charge in [-0.25, -0.2) is 13.1 Å². The van der Waals surface area contributed by atoms with Crippen LogP contribution in [0.1, 0.15) is 18.1 Å². The van der Waals surface area contributed by atoms with Crippen LogP contribution >= 0.6 is 0 Å². The van der Waals surface area contributed by atoms with E-state index in [0.717, 1.165) is 11.1 Å². The minimum atomic E-state index is -3.59. The molecule has 1 aromatic carbocycles. The third-order valence-electron chi connectivity index (χ3n) is 2.84. The molecule has 0 amide bonds. The van der Waals surface area contributed by atoms with Crippen molar-refractivity contribution in [1.82, 2.24) is 9.71 Å². The lowest BCUT2D eigenvalue weighted by atomic mass is 10.1. The summed E-state index contributed by atoms with van der Waals surface area (Å²) in [5.74, 6) is -0.359. The molecule has 0 atom stereocenters. The highest BCUT2D eigenvalue weighted by Crippen LogP contribution is 2.10. The zero-order chi connectivity index (χ0) is 16.0. The Kier molecular flexibility index (Phi) is 5.24. The maximum absolute atomic E-state index is 12.1. The lowest BCUT2D eigenvalue weighted by Crippen LogP contribution is -2.23. The van der Waals surface area contributed by atoms with Crippen molar-refractivity contribution in [1.29, 1.82) is 0 Å². The summed E-state index contributed by atoms with van der Waals surface area (Å²) in [6.07, 6.45) is 2.80.